The van der Waals surface area contributed by atoms with Crippen LogP contribution in [0.15, 0.2) is 36.1 Å². The van der Waals surface area contributed by atoms with Gasteiger partial charge in [-0.1, -0.05) is 13.0 Å². The molecule has 2 amide bonds. The maximum absolute atomic E-state index is 12.3. The topological polar surface area (TPSA) is 97.6 Å². The summed E-state index contributed by atoms with van der Waals surface area (Å²) in [5.74, 6) is 0. The Balaban J connectivity index is 1.73. The molecule has 0 bridgehead atoms. The third kappa shape index (κ3) is 3.57. The fourth-order valence-electron chi connectivity index (χ4n) is 2.23. The molecule has 2 N–H and O–H groups in total. The van der Waals surface area contributed by atoms with Gasteiger partial charge in [-0.25, -0.2) is 14.5 Å². The number of hydrogen-bond donors (Lipinski definition) is 2. The summed E-state index contributed by atoms with van der Waals surface area (Å²) in [5.41, 5.74) is 2.42. The van der Waals surface area contributed by atoms with Crippen molar-refractivity contribution in [3.8, 4) is 5.69 Å². The number of thiazole rings is 1. The first-order valence-corrected chi connectivity index (χ1v) is 8.36. The highest BCUT2D eigenvalue weighted by atomic mass is 32.1. The highest BCUT2D eigenvalue weighted by Crippen LogP contribution is 2.21. The van der Waals surface area contributed by atoms with Crippen molar-refractivity contribution in [1.29, 1.82) is 0 Å². The van der Waals surface area contributed by atoms with Crippen molar-refractivity contribution >= 4 is 23.1 Å². The molecule has 0 spiro atoms. The van der Waals surface area contributed by atoms with Crippen molar-refractivity contribution in [2.45, 2.75) is 26.3 Å². The van der Waals surface area contributed by atoms with E-state index in [0.29, 0.717) is 5.69 Å². The predicted octanol–water partition coefficient (Wildman–Crippen LogP) is 2.70. The lowest BCUT2D eigenvalue weighted by molar-refractivity contribution is 0.248. The van der Waals surface area contributed by atoms with Crippen LogP contribution in [-0.2, 0) is 0 Å². The molecule has 0 radical (unpaired) electrons. The lowest BCUT2D eigenvalue weighted by Crippen LogP contribution is -2.32. The van der Waals surface area contributed by atoms with E-state index in [4.69, 9.17) is 0 Å². The number of aromatic nitrogens is 5. The Bertz CT molecular complexity index is 801. The number of anilines is 1. The molecule has 3 aromatic rings. The van der Waals surface area contributed by atoms with Crippen LogP contribution in [0.3, 0.4) is 0 Å². The number of carbonyl (C=O) groups excluding carboxylic acids is 1. The molecule has 1 aromatic carbocycles. The van der Waals surface area contributed by atoms with Crippen molar-refractivity contribution in [3.63, 3.8) is 0 Å². The quantitative estimate of drug-likeness (QED) is 0.742. The van der Waals surface area contributed by atoms with E-state index in [1.165, 1.54) is 22.3 Å². The molecular weight excluding hydrogens is 326 g/mol. The smallest absolute Gasteiger partial charge is 0.319 e. The van der Waals surface area contributed by atoms with E-state index in [-0.39, 0.29) is 12.1 Å². The Morgan fingerprint density at radius 3 is 2.96 bits per heavy atom. The van der Waals surface area contributed by atoms with E-state index in [2.05, 4.69) is 31.1 Å². The molecule has 2 heterocycles. The number of rotatable bonds is 5. The monoisotopic (exact) mass is 343 g/mol. The highest BCUT2D eigenvalue weighted by molar-refractivity contribution is 7.09. The van der Waals surface area contributed by atoms with E-state index >= 15 is 0 Å². The fraction of sp³-hybridized carbons (Fsp3) is 0.267. The van der Waals surface area contributed by atoms with Crippen LogP contribution in [-0.4, -0.2) is 31.2 Å². The molecule has 0 aliphatic carbocycles. The Labute approximate surface area is 142 Å². The maximum Gasteiger partial charge on any atom is 0.319 e. The van der Waals surface area contributed by atoms with Gasteiger partial charge in [-0.15, -0.1) is 16.4 Å². The maximum atomic E-state index is 12.3. The molecule has 24 heavy (non-hydrogen) atoms. The zero-order chi connectivity index (χ0) is 16.9. The van der Waals surface area contributed by atoms with E-state index in [9.17, 15) is 4.79 Å². The van der Waals surface area contributed by atoms with Crippen molar-refractivity contribution in [2.24, 2.45) is 0 Å². The van der Waals surface area contributed by atoms with Gasteiger partial charge in [0.25, 0.3) is 0 Å². The number of urea groups is 1. The SMILES string of the molecule is CC[C@@H](NC(=O)Nc1cc(-n2cnnn2)ccc1C)c1nccs1. The number of carbonyl (C=O) groups is 1. The van der Waals surface area contributed by atoms with Crippen LogP contribution in [0.4, 0.5) is 10.5 Å². The number of nitrogens with zero attached hydrogens (tertiary/aromatic N) is 5. The normalized spacial score (nSPS) is 11.9. The molecule has 3 rings (SSSR count). The summed E-state index contributed by atoms with van der Waals surface area (Å²) >= 11 is 1.53. The number of amides is 2. The van der Waals surface area contributed by atoms with Gasteiger partial charge in [0.1, 0.15) is 11.3 Å². The van der Waals surface area contributed by atoms with Gasteiger partial charge < -0.3 is 10.6 Å². The van der Waals surface area contributed by atoms with Gasteiger partial charge in [-0.2, -0.15) is 0 Å². The number of aryl methyl sites for hydroxylation is 1. The second-order valence-electron chi connectivity index (χ2n) is 5.18. The second kappa shape index (κ2) is 7.18. The van der Waals surface area contributed by atoms with Gasteiger partial charge in [-0.3, -0.25) is 0 Å². The van der Waals surface area contributed by atoms with Crippen LogP contribution in [0.5, 0.6) is 0 Å². The summed E-state index contributed by atoms with van der Waals surface area (Å²) in [7, 11) is 0. The molecule has 0 saturated heterocycles. The Morgan fingerprint density at radius 2 is 2.29 bits per heavy atom. The molecule has 0 unspecified atom stereocenters. The van der Waals surface area contributed by atoms with Gasteiger partial charge in [0, 0.05) is 17.3 Å². The average Bonchev–Trinajstić information content (AvgIpc) is 3.28. The summed E-state index contributed by atoms with van der Waals surface area (Å²) in [6.45, 7) is 3.94. The van der Waals surface area contributed by atoms with Crippen molar-refractivity contribution in [2.75, 3.05) is 5.32 Å². The summed E-state index contributed by atoms with van der Waals surface area (Å²) in [6.07, 6.45) is 4.01. The standard InChI is InChI=1S/C15H17N7OS/c1-3-12(14-16-6-7-24-14)18-15(23)19-13-8-11(5-4-10(13)2)22-9-17-20-21-22/h4-9,12H,3H2,1-2H3,(H2,18,19,23)/t12-/m1/s1. The predicted molar refractivity (Wildman–Crippen MR) is 91.2 cm³/mol. The molecule has 0 aliphatic heterocycles. The summed E-state index contributed by atoms with van der Waals surface area (Å²) in [4.78, 5) is 16.6. The zero-order valence-electron chi connectivity index (χ0n) is 13.3. The number of nitrogens with one attached hydrogen (secondary N) is 2. The van der Waals surface area contributed by atoms with Crippen LogP contribution in [0.2, 0.25) is 0 Å². The average molecular weight is 343 g/mol. The van der Waals surface area contributed by atoms with Crippen LogP contribution < -0.4 is 10.6 Å². The van der Waals surface area contributed by atoms with Crippen LogP contribution in [0.25, 0.3) is 5.69 Å². The number of hydrogen-bond acceptors (Lipinski definition) is 6. The lowest BCUT2D eigenvalue weighted by Gasteiger charge is -2.16. The largest absolute Gasteiger partial charge is 0.329 e. The summed E-state index contributed by atoms with van der Waals surface area (Å²) < 4.78 is 1.53. The molecule has 2 aromatic heterocycles. The van der Waals surface area contributed by atoms with E-state index in [1.807, 2.05) is 37.4 Å². The van der Waals surface area contributed by atoms with Gasteiger partial charge in [0.05, 0.1) is 11.7 Å². The molecular formula is C15H17N7OS. The molecule has 1 atom stereocenters. The Morgan fingerprint density at radius 1 is 1.42 bits per heavy atom. The first-order valence-electron chi connectivity index (χ1n) is 7.48. The Kier molecular flexibility index (Phi) is 4.80. The number of tetrazole rings is 1. The zero-order valence-corrected chi connectivity index (χ0v) is 14.1. The molecule has 8 nitrogen and oxygen atoms in total. The minimum Gasteiger partial charge on any atom is -0.329 e. The third-order valence-electron chi connectivity index (χ3n) is 3.55. The van der Waals surface area contributed by atoms with E-state index < -0.39 is 0 Å². The molecule has 124 valence electrons. The summed E-state index contributed by atoms with van der Waals surface area (Å²) in [6, 6.07) is 5.25. The van der Waals surface area contributed by atoms with Crippen LogP contribution in [0, 0.1) is 6.92 Å². The van der Waals surface area contributed by atoms with Crippen molar-refractivity contribution in [3.05, 3.63) is 46.7 Å². The first-order chi connectivity index (χ1) is 11.7. The molecule has 0 fully saturated rings. The van der Waals surface area contributed by atoms with E-state index in [0.717, 1.165) is 22.7 Å². The fourth-order valence-corrected chi connectivity index (χ4v) is 3.00. The molecule has 9 heteroatoms. The minimum absolute atomic E-state index is 0.104. The first kappa shape index (κ1) is 16.1. The lowest BCUT2D eigenvalue weighted by atomic mass is 10.2. The highest BCUT2D eigenvalue weighted by Gasteiger charge is 2.15. The molecule has 0 aliphatic rings. The minimum atomic E-state index is -0.269. The van der Waals surface area contributed by atoms with Crippen molar-refractivity contribution in [1.82, 2.24) is 30.5 Å². The van der Waals surface area contributed by atoms with Crippen molar-refractivity contribution < 1.29 is 4.79 Å². The summed E-state index contributed by atoms with van der Waals surface area (Å²) in [5, 5.41) is 19.7. The second-order valence-corrected chi connectivity index (χ2v) is 6.11. The number of benzene rings is 1. The van der Waals surface area contributed by atoms with Crippen LogP contribution >= 0.6 is 11.3 Å². The van der Waals surface area contributed by atoms with Gasteiger partial charge >= 0.3 is 6.03 Å². The molecule has 0 saturated carbocycles. The van der Waals surface area contributed by atoms with Gasteiger partial charge in [-0.05, 0) is 41.5 Å². The van der Waals surface area contributed by atoms with Gasteiger partial charge in [0.2, 0.25) is 0 Å². The Hall–Kier alpha value is -2.81. The van der Waals surface area contributed by atoms with E-state index in [1.54, 1.807) is 6.20 Å². The van der Waals surface area contributed by atoms with Crippen LogP contribution in [0.1, 0.15) is 30.0 Å². The third-order valence-corrected chi connectivity index (χ3v) is 4.44. The van der Waals surface area contributed by atoms with Gasteiger partial charge in [0.15, 0.2) is 0 Å².